The summed E-state index contributed by atoms with van der Waals surface area (Å²) in [7, 11) is -1.84. The van der Waals surface area contributed by atoms with E-state index in [1.54, 1.807) is 24.6 Å². The highest BCUT2D eigenvalue weighted by Gasteiger charge is 2.15. The maximum Gasteiger partial charge on any atom is 0.254 e. The van der Waals surface area contributed by atoms with E-state index in [1.807, 2.05) is 31.3 Å². The molecule has 33 heavy (non-hydrogen) atoms. The standard InChI is InChI=1S/C27H32N2O3S/c1-7-11-33(31,32)28-24-10-9-22(15-25-19(4)12-18(3)13-20(25)5)26(16-24)23-14-21(8-2)27(30)29(6)17-23/h7,9-14,16-17,28H,8,15H2,1-6H3/b11-7+. The van der Waals surface area contributed by atoms with Crippen LogP contribution in [0.2, 0.25) is 0 Å². The van der Waals surface area contributed by atoms with Crippen molar-refractivity contribution in [3.63, 3.8) is 0 Å². The Balaban J connectivity index is 2.20. The molecule has 1 aromatic heterocycles. The minimum absolute atomic E-state index is 0.0158. The van der Waals surface area contributed by atoms with E-state index in [0.29, 0.717) is 18.5 Å². The molecule has 0 bridgehead atoms. The Morgan fingerprint density at radius 1 is 1.00 bits per heavy atom. The van der Waals surface area contributed by atoms with Crippen molar-refractivity contribution in [1.82, 2.24) is 4.57 Å². The van der Waals surface area contributed by atoms with Crippen LogP contribution in [0.25, 0.3) is 11.1 Å². The van der Waals surface area contributed by atoms with Crippen LogP contribution in [0.15, 0.2) is 58.9 Å². The second kappa shape index (κ2) is 9.79. The van der Waals surface area contributed by atoms with E-state index in [0.717, 1.165) is 27.7 Å². The van der Waals surface area contributed by atoms with E-state index in [1.165, 1.54) is 28.3 Å². The molecule has 1 N–H and O–H groups in total. The van der Waals surface area contributed by atoms with Crippen molar-refractivity contribution in [1.29, 1.82) is 0 Å². The quantitative estimate of drug-likeness (QED) is 0.509. The molecular weight excluding hydrogens is 432 g/mol. The van der Waals surface area contributed by atoms with Crippen molar-refractivity contribution in [3.8, 4) is 11.1 Å². The molecule has 6 heteroatoms. The molecule has 0 saturated carbocycles. The molecule has 2 aromatic carbocycles. The lowest BCUT2D eigenvalue weighted by molar-refractivity contribution is 0.609. The fraction of sp³-hybridized carbons (Fsp3) is 0.296. The number of hydrogen-bond acceptors (Lipinski definition) is 3. The first-order chi connectivity index (χ1) is 15.5. The normalized spacial score (nSPS) is 11.8. The minimum Gasteiger partial charge on any atom is -0.318 e. The van der Waals surface area contributed by atoms with Gasteiger partial charge in [-0.15, -0.1) is 0 Å². The molecule has 0 fully saturated rings. The van der Waals surface area contributed by atoms with Gasteiger partial charge in [0.05, 0.1) is 0 Å². The van der Waals surface area contributed by atoms with Gasteiger partial charge >= 0.3 is 0 Å². The maximum absolute atomic E-state index is 12.5. The van der Waals surface area contributed by atoms with Gasteiger partial charge in [-0.1, -0.05) is 36.8 Å². The Kier molecular flexibility index (Phi) is 7.28. The van der Waals surface area contributed by atoms with Gasteiger partial charge in [-0.05, 0) is 92.1 Å². The van der Waals surface area contributed by atoms with Gasteiger partial charge in [-0.3, -0.25) is 9.52 Å². The van der Waals surface area contributed by atoms with Crippen LogP contribution in [0, 0.1) is 20.8 Å². The summed E-state index contributed by atoms with van der Waals surface area (Å²) >= 11 is 0. The van der Waals surface area contributed by atoms with Gasteiger partial charge in [0, 0.05) is 29.9 Å². The molecule has 3 aromatic rings. The molecule has 0 unspecified atom stereocenters. The zero-order chi connectivity index (χ0) is 24.3. The van der Waals surface area contributed by atoms with Crippen LogP contribution < -0.4 is 10.3 Å². The van der Waals surface area contributed by atoms with Gasteiger partial charge in [-0.25, -0.2) is 8.42 Å². The molecule has 0 saturated heterocycles. The number of pyridine rings is 1. The fourth-order valence-corrected chi connectivity index (χ4v) is 5.18. The topological polar surface area (TPSA) is 68.2 Å². The average molecular weight is 465 g/mol. The summed E-state index contributed by atoms with van der Waals surface area (Å²) in [4.78, 5) is 12.5. The third-order valence-electron chi connectivity index (χ3n) is 5.84. The SMILES string of the molecule is C/C=C/S(=O)(=O)Nc1ccc(Cc2c(C)cc(C)cc2C)c(-c2cc(CC)c(=O)n(C)c2)c1. The summed E-state index contributed by atoms with van der Waals surface area (Å²) in [5.74, 6) is 0. The highest BCUT2D eigenvalue weighted by Crippen LogP contribution is 2.31. The fourth-order valence-electron chi connectivity index (χ4n) is 4.30. The summed E-state index contributed by atoms with van der Waals surface area (Å²) in [5, 5.41) is 1.14. The average Bonchev–Trinajstić information content (AvgIpc) is 2.73. The number of hydrogen-bond donors (Lipinski definition) is 1. The Morgan fingerprint density at radius 3 is 2.27 bits per heavy atom. The van der Waals surface area contributed by atoms with Gasteiger partial charge in [0.25, 0.3) is 15.6 Å². The number of benzene rings is 2. The van der Waals surface area contributed by atoms with Gasteiger partial charge in [0.1, 0.15) is 0 Å². The summed E-state index contributed by atoms with van der Waals surface area (Å²) in [6.45, 7) is 9.96. The van der Waals surface area contributed by atoms with Crippen molar-refractivity contribution >= 4 is 15.7 Å². The molecule has 0 amide bonds. The smallest absolute Gasteiger partial charge is 0.254 e. The molecule has 1 heterocycles. The van der Waals surface area contributed by atoms with E-state index in [2.05, 4.69) is 37.6 Å². The molecule has 0 spiro atoms. The Hall–Kier alpha value is -3.12. The Labute approximate surface area is 196 Å². The largest absolute Gasteiger partial charge is 0.318 e. The lowest BCUT2D eigenvalue weighted by Crippen LogP contribution is -2.20. The first kappa shape index (κ1) is 24.5. The van der Waals surface area contributed by atoms with Crippen molar-refractivity contribution in [2.75, 3.05) is 4.72 Å². The van der Waals surface area contributed by atoms with E-state index in [4.69, 9.17) is 0 Å². The molecule has 0 aliphatic rings. The minimum atomic E-state index is -3.59. The molecule has 5 nitrogen and oxygen atoms in total. The van der Waals surface area contributed by atoms with Crippen LogP contribution in [0.1, 0.15) is 47.2 Å². The van der Waals surface area contributed by atoms with E-state index < -0.39 is 10.0 Å². The van der Waals surface area contributed by atoms with Crippen molar-refractivity contribution < 1.29 is 8.42 Å². The molecule has 0 aliphatic carbocycles. The zero-order valence-electron chi connectivity index (χ0n) is 20.2. The summed E-state index contributed by atoms with van der Waals surface area (Å²) in [6, 6.07) is 11.9. The first-order valence-corrected chi connectivity index (χ1v) is 12.6. The van der Waals surface area contributed by atoms with Crippen LogP contribution in [-0.4, -0.2) is 13.0 Å². The number of aryl methyl sites for hydroxylation is 5. The number of anilines is 1. The number of sulfonamides is 1. The number of aromatic nitrogens is 1. The number of nitrogens with zero attached hydrogens (tertiary/aromatic N) is 1. The van der Waals surface area contributed by atoms with Crippen LogP contribution in [0.3, 0.4) is 0 Å². The predicted octanol–water partition coefficient (Wildman–Crippen LogP) is 5.41. The van der Waals surface area contributed by atoms with Crippen molar-refractivity contribution in [3.05, 3.63) is 97.8 Å². The van der Waals surface area contributed by atoms with Gasteiger partial charge in [-0.2, -0.15) is 0 Å². The van der Waals surface area contributed by atoms with E-state index in [-0.39, 0.29) is 5.56 Å². The molecule has 0 atom stereocenters. The molecule has 3 rings (SSSR count). The zero-order valence-corrected chi connectivity index (χ0v) is 21.0. The lowest BCUT2D eigenvalue weighted by Gasteiger charge is -2.17. The van der Waals surface area contributed by atoms with Crippen LogP contribution >= 0.6 is 0 Å². The van der Waals surface area contributed by atoms with Crippen LogP contribution in [0.5, 0.6) is 0 Å². The Morgan fingerprint density at radius 2 is 1.67 bits per heavy atom. The highest BCUT2D eigenvalue weighted by molar-refractivity contribution is 7.95. The van der Waals surface area contributed by atoms with Gasteiger partial charge in [0.2, 0.25) is 0 Å². The highest BCUT2D eigenvalue weighted by atomic mass is 32.2. The molecule has 0 aliphatic heterocycles. The summed E-state index contributed by atoms with van der Waals surface area (Å²) < 4.78 is 28.8. The monoisotopic (exact) mass is 464 g/mol. The second-order valence-corrected chi connectivity index (χ2v) is 10.1. The number of nitrogens with one attached hydrogen (secondary N) is 1. The lowest BCUT2D eigenvalue weighted by atomic mass is 9.90. The third kappa shape index (κ3) is 5.63. The summed E-state index contributed by atoms with van der Waals surface area (Å²) in [5.41, 5.74) is 8.99. The third-order valence-corrected chi connectivity index (χ3v) is 6.99. The Bertz CT molecular complexity index is 1360. The van der Waals surface area contributed by atoms with E-state index >= 15 is 0 Å². The molecule has 174 valence electrons. The van der Waals surface area contributed by atoms with Crippen molar-refractivity contribution in [2.24, 2.45) is 7.05 Å². The first-order valence-electron chi connectivity index (χ1n) is 11.1. The van der Waals surface area contributed by atoms with Crippen molar-refractivity contribution in [2.45, 2.75) is 47.5 Å². The number of allylic oxidation sites excluding steroid dienone is 1. The van der Waals surface area contributed by atoms with Gasteiger partial charge in [0.15, 0.2) is 0 Å². The molecular formula is C27H32N2O3S. The van der Waals surface area contributed by atoms with Crippen LogP contribution in [0.4, 0.5) is 5.69 Å². The summed E-state index contributed by atoms with van der Waals surface area (Å²) in [6.07, 6.45) is 4.64. The van der Waals surface area contributed by atoms with E-state index in [9.17, 15) is 13.2 Å². The van der Waals surface area contributed by atoms with Gasteiger partial charge < -0.3 is 4.57 Å². The predicted molar refractivity (Wildman–Crippen MR) is 137 cm³/mol. The second-order valence-electron chi connectivity index (χ2n) is 8.57. The number of rotatable bonds is 7. The molecule has 0 radical (unpaired) electrons. The van der Waals surface area contributed by atoms with Crippen LogP contribution in [-0.2, 0) is 29.9 Å². The maximum atomic E-state index is 12.5.